The van der Waals surface area contributed by atoms with E-state index >= 15 is 0 Å². The molecule has 1 rings (SSSR count). The lowest BCUT2D eigenvalue weighted by molar-refractivity contribution is 0.0944. The fourth-order valence-corrected chi connectivity index (χ4v) is 1.58. The van der Waals surface area contributed by atoms with Gasteiger partial charge in [-0.3, -0.25) is 0 Å². The zero-order valence-corrected chi connectivity index (χ0v) is 12.5. The van der Waals surface area contributed by atoms with Gasteiger partial charge in [0.2, 0.25) is 0 Å². The van der Waals surface area contributed by atoms with Gasteiger partial charge < -0.3 is 20.6 Å². The average molecular weight is 282 g/mol. The van der Waals surface area contributed by atoms with Gasteiger partial charge in [0.1, 0.15) is 0 Å². The maximum absolute atomic E-state index is 13.9. The van der Waals surface area contributed by atoms with Crippen molar-refractivity contribution in [3.05, 3.63) is 36.2 Å². The SMILES string of the molecule is C=C.COc1c(F)c(C)cc(C=N)c1NCC(C)(C)O. The van der Waals surface area contributed by atoms with E-state index in [0.29, 0.717) is 16.8 Å². The maximum atomic E-state index is 13.9. The van der Waals surface area contributed by atoms with Crippen LogP contribution in [0.1, 0.15) is 25.0 Å². The van der Waals surface area contributed by atoms with Crippen molar-refractivity contribution >= 4 is 11.9 Å². The smallest absolute Gasteiger partial charge is 0.178 e. The van der Waals surface area contributed by atoms with Crippen LogP contribution in [0.25, 0.3) is 0 Å². The summed E-state index contributed by atoms with van der Waals surface area (Å²) in [6, 6.07) is 1.57. The molecule has 0 amide bonds. The molecule has 0 aliphatic heterocycles. The van der Waals surface area contributed by atoms with Gasteiger partial charge in [0.25, 0.3) is 0 Å². The number of hydrogen-bond donors (Lipinski definition) is 3. The minimum Gasteiger partial charge on any atom is -0.492 e. The molecule has 5 heteroatoms. The van der Waals surface area contributed by atoms with Crippen molar-refractivity contribution in [1.82, 2.24) is 0 Å². The number of rotatable bonds is 5. The van der Waals surface area contributed by atoms with Gasteiger partial charge in [0.15, 0.2) is 11.6 Å². The number of nitrogens with one attached hydrogen (secondary N) is 2. The predicted molar refractivity (Wildman–Crippen MR) is 81.6 cm³/mol. The Morgan fingerprint density at radius 2 is 2.05 bits per heavy atom. The first-order valence-electron chi connectivity index (χ1n) is 6.14. The molecule has 0 spiro atoms. The van der Waals surface area contributed by atoms with Crippen molar-refractivity contribution in [1.29, 1.82) is 5.41 Å². The van der Waals surface area contributed by atoms with Gasteiger partial charge in [0, 0.05) is 18.3 Å². The van der Waals surface area contributed by atoms with Crippen LogP contribution >= 0.6 is 0 Å². The van der Waals surface area contributed by atoms with Crippen LogP contribution in [-0.2, 0) is 0 Å². The molecule has 0 atom stereocenters. The lowest BCUT2D eigenvalue weighted by atomic mass is 10.1. The standard InChI is InChI=1S/C13H19FN2O2.C2H4/c1-8-5-9(6-15)11(12(18-4)10(8)14)16-7-13(2,3)17;1-2/h5-6,15-17H,7H2,1-4H3;1-2H2. The van der Waals surface area contributed by atoms with E-state index in [0.717, 1.165) is 6.21 Å². The third kappa shape index (κ3) is 4.66. The fourth-order valence-electron chi connectivity index (χ4n) is 1.58. The quantitative estimate of drug-likeness (QED) is 0.574. The van der Waals surface area contributed by atoms with Crippen LogP contribution in [0.4, 0.5) is 10.1 Å². The second-order valence-electron chi connectivity index (χ2n) is 4.82. The van der Waals surface area contributed by atoms with Gasteiger partial charge in [-0.05, 0) is 32.4 Å². The first kappa shape index (κ1) is 18.1. The van der Waals surface area contributed by atoms with Crippen LogP contribution in [0, 0.1) is 18.2 Å². The largest absolute Gasteiger partial charge is 0.492 e. The van der Waals surface area contributed by atoms with Crippen molar-refractivity contribution < 1.29 is 14.2 Å². The van der Waals surface area contributed by atoms with Crippen molar-refractivity contribution in [2.24, 2.45) is 0 Å². The maximum Gasteiger partial charge on any atom is 0.178 e. The van der Waals surface area contributed by atoms with Crippen LogP contribution in [0.15, 0.2) is 19.2 Å². The summed E-state index contributed by atoms with van der Waals surface area (Å²) in [5.41, 5.74) is 0.387. The Bertz CT molecular complexity index is 468. The van der Waals surface area contributed by atoms with Crippen LogP contribution in [0.2, 0.25) is 0 Å². The normalized spacial score (nSPS) is 10.3. The topological polar surface area (TPSA) is 65.3 Å². The Morgan fingerprint density at radius 1 is 1.50 bits per heavy atom. The zero-order valence-electron chi connectivity index (χ0n) is 12.5. The second kappa shape index (κ2) is 7.65. The molecule has 20 heavy (non-hydrogen) atoms. The first-order valence-corrected chi connectivity index (χ1v) is 6.14. The molecule has 0 fully saturated rings. The lowest BCUT2D eigenvalue weighted by Gasteiger charge is -2.21. The molecule has 0 saturated heterocycles. The van der Waals surface area contributed by atoms with E-state index in [1.807, 2.05) is 0 Å². The molecular weight excluding hydrogens is 259 g/mol. The summed E-state index contributed by atoms with van der Waals surface area (Å²) in [6.45, 7) is 11.1. The average Bonchev–Trinajstić information content (AvgIpc) is 2.40. The summed E-state index contributed by atoms with van der Waals surface area (Å²) in [6.07, 6.45) is 1.13. The number of aliphatic hydroxyl groups is 1. The van der Waals surface area contributed by atoms with Crippen molar-refractivity contribution in [2.45, 2.75) is 26.4 Å². The molecule has 4 nitrogen and oxygen atoms in total. The Labute approximate surface area is 119 Å². The Kier molecular flexibility index (Phi) is 6.93. The fraction of sp³-hybridized carbons (Fsp3) is 0.400. The van der Waals surface area contributed by atoms with Crippen LogP contribution in [0.5, 0.6) is 5.75 Å². The molecule has 1 aromatic carbocycles. The molecule has 0 unspecified atom stereocenters. The highest BCUT2D eigenvalue weighted by molar-refractivity contribution is 5.89. The Balaban J connectivity index is 0.00000172. The number of halogens is 1. The molecule has 0 aromatic heterocycles. The number of methoxy groups -OCH3 is 1. The predicted octanol–water partition coefficient (Wildman–Crippen LogP) is 3.13. The monoisotopic (exact) mass is 282 g/mol. The van der Waals surface area contributed by atoms with Crippen molar-refractivity contribution in [3.8, 4) is 5.75 Å². The summed E-state index contributed by atoms with van der Waals surface area (Å²) in [4.78, 5) is 0. The minimum atomic E-state index is -0.939. The van der Waals surface area contributed by atoms with Gasteiger partial charge in [-0.2, -0.15) is 0 Å². The highest BCUT2D eigenvalue weighted by Gasteiger charge is 2.19. The molecular formula is C15H23FN2O2. The summed E-state index contributed by atoms with van der Waals surface area (Å²) in [5, 5.41) is 20.0. The van der Waals surface area contributed by atoms with E-state index in [1.165, 1.54) is 7.11 Å². The van der Waals surface area contributed by atoms with Crippen LogP contribution in [0.3, 0.4) is 0 Å². The first-order chi connectivity index (χ1) is 9.30. The number of ether oxygens (including phenoxy) is 1. The Hall–Kier alpha value is -1.88. The molecule has 1 aromatic rings. The number of aryl methyl sites for hydroxylation is 1. The van der Waals surface area contributed by atoms with Crippen molar-refractivity contribution in [3.63, 3.8) is 0 Å². The van der Waals surface area contributed by atoms with Crippen LogP contribution < -0.4 is 10.1 Å². The molecule has 112 valence electrons. The highest BCUT2D eigenvalue weighted by Crippen LogP contribution is 2.33. The third-order valence-corrected chi connectivity index (χ3v) is 2.49. The molecule has 0 bridgehead atoms. The molecule has 0 saturated carbocycles. The van der Waals surface area contributed by atoms with Gasteiger partial charge in [-0.1, -0.05) is 0 Å². The molecule has 0 aliphatic carbocycles. The van der Waals surface area contributed by atoms with Crippen molar-refractivity contribution in [2.75, 3.05) is 19.0 Å². The van der Waals surface area contributed by atoms with E-state index in [9.17, 15) is 9.50 Å². The summed E-state index contributed by atoms with van der Waals surface area (Å²) < 4.78 is 18.9. The summed E-state index contributed by atoms with van der Waals surface area (Å²) in [5.74, 6) is -0.390. The van der Waals surface area contributed by atoms with Gasteiger partial charge >= 0.3 is 0 Å². The Morgan fingerprint density at radius 3 is 2.45 bits per heavy atom. The summed E-state index contributed by atoms with van der Waals surface area (Å²) in [7, 11) is 1.38. The van der Waals surface area contributed by atoms with Gasteiger partial charge in [-0.15, -0.1) is 13.2 Å². The lowest BCUT2D eigenvalue weighted by Crippen LogP contribution is -2.29. The van der Waals surface area contributed by atoms with E-state index in [2.05, 4.69) is 18.5 Å². The molecule has 0 heterocycles. The second-order valence-corrected chi connectivity index (χ2v) is 4.82. The zero-order chi connectivity index (χ0) is 15.9. The molecule has 0 aliphatic rings. The van der Waals surface area contributed by atoms with Crippen LogP contribution in [-0.4, -0.2) is 30.6 Å². The van der Waals surface area contributed by atoms with Gasteiger partial charge in [-0.25, -0.2) is 4.39 Å². The van der Waals surface area contributed by atoms with E-state index in [-0.39, 0.29) is 12.3 Å². The minimum absolute atomic E-state index is 0.0674. The number of benzene rings is 1. The van der Waals surface area contributed by atoms with E-state index in [1.54, 1.807) is 26.8 Å². The summed E-state index contributed by atoms with van der Waals surface area (Å²) >= 11 is 0. The molecule has 3 N–H and O–H groups in total. The number of anilines is 1. The number of hydrogen-bond acceptors (Lipinski definition) is 4. The van der Waals surface area contributed by atoms with E-state index in [4.69, 9.17) is 10.1 Å². The molecule has 0 radical (unpaired) electrons. The third-order valence-electron chi connectivity index (χ3n) is 2.49. The van der Waals surface area contributed by atoms with Gasteiger partial charge in [0.05, 0.1) is 18.4 Å². The highest BCUT2D eigenvalue weighted by atomic mass is 19.1. The van der Waals surface area contributed by atoms with E-state index < -0.39 is 11.4 Å².